The van der Waals surface area contributed by atoms with Gasteiger partial charge < -0.3 is 0 Å². The summed E-state index contributed by atoms with van der Waals surface area (Å²) in [4.78, 5) is 22.4. The van der Waals surface area contributed by atoms with E-state index in [-0.39, 0.29) is 17.5 Å². The lowest BCUT2D eigenvalue weighted by atomic mass is 9.98. The summed E-state index contributed by atoms with van der Waals surface area (Å²) in [6.45, 7) is 5.35. The first-order valence-electron chi connectivity index (χ1n) is 8.24. The number of rotatable bonds is 13. The number of hydrogen-bond acceptors (Lipinski definition) is 2. The minimum absolute atomic E-state index is 0.0851. The number of Topliss-reactive ketones (excluding diaryl/α,β-unsaturated/α-hetero) is 2. The Bertz CT molecular complexity index is 292. The summed E-state index contributed by atoms with van der Waals surface area (Å²) in [5, 5.41) is 0. The molecule has 0 rings (SSSR count). The van der Waals surface area contributed by atoms with Crippen LogP contribution in [-0.2, 0) is 9.59 Å². The van der Waals surface area contributed by atoms with Gasteiger partial charge in [-0.05, 0) is 26.7 Å². The molecule has 0 aliphatic rings. The van der Waals surface area contributed by atoms with Crippen molar-refractivity contribution in [2.75, 3.05) is 0 Å². The van der Waals surface area contributed by atoms with Gasteiger partial charge in [-0.2, -0.15) is 0 Å². The van der Waals surface area contributed by atoms with E-state index in [0.717, 1.165) is 6.42 Å². The average molecular weight is 280 g/mol. The van der Waals surface area contributed by atoms with Crippen LogP contribution in [0, 0.1) is 5.92 Å². The Morgan fingerprint density at radius 3 is 1.95 bits per heavy atom. The van der Waals surface area contributed by atoms with Crippen LogP contribution in [0.25, 0.3) is 0 Å². The Kier molecular flexibility index (Phi) is 12.5. The van der Waals surface area contributed by atoms with E-state index in [1.165, 1.54) is 51.4 Å². The third-order valence-corrected chi connectivity index (χ3v) is 3.62. The van der Waals surface area contributed by atoms with Gasteiger partial charge in [0, 0.05) is 12.3 Å². The van der Waals surface area contributed by atoms with E-state index in [0.29, 0.717) is 6.42 Å². The summed E-state index contributed by atoms with van der Waals surface area (Å²) in [6, 6.07) is 0. The van der Waals surface area contributed by atoms with Crippen molar-refractivity contribution in [2.24, 2.45) is 5.92 Å². The van der Waals surface area contributed by atoms with Crippen molar-refractivity contribution in [3.05, 3.63) is 12.2 Å². The van der Waals surface area contributed by atoms with Crippen molar-refractivity contribution in [1.82, 2.24) is 0 Å². The molecule has 0 aromatic heterocycles. The quantitative estimate of drug-likeness (QED) is 0.341. The van der Waals surface area contributed by atoms with Crippen molar-refractivity contribution in [3.8, 4) is 0 Å². The van der Waals surface area contributed by atoms with Crippen LogP contribution in [0.2, 0.25) is 0 Å². The van der Waals surface area contributed by atoms with Gasteiger partial charge in [0.05, 0.1) is 0 Å². The number of carbonyl (C=O) groups excluding carboxylic acids is 2. The lowest BCUT2D eigenvalue weighted by Gasteiger charge is -2.05. The van der Waals surface area contributed by atoms with Gasteiger partial charge in [0.2, 0.25) is 0 Å². The second kappa shape index (κ2) is 13.1. The topological polar surface area (TPSA) is 34.1 Å². The molecule has 0 spiro atoms. The minimum Gasteiger partial charge on any atom is -0.300 e. The van der Waals surface area contributed by atoms with Crippen LogP contribution in [0.4, 0.5) is 0 Å². The molecule has 20 heavy (non-hydrogen) atoms. The first kappa shape index (κ1) is 19.1. The van der Waals surface area contributed by atoms with Gasteiger partial charge in [-0.15, -0.1) is 0 Å². The second-order valence-corrected chi connectivity index (χ2v) is 5.81. The van der Waals surface area contributed by atoms with Crippen LogP contribution < -0.4 is 0 Å². The Labute approximate surface area is 125 Å². The van der Waals surface area contributed by atoms with Gasteiger partial charge in [0.25, 0.3) is 0 Å². The molecule has 0 saturated carbocycles. The lowest BCUT2D eigenvalue weighted by Crippen LogP contribution is -2.11. The molecule has 2 nitrogen and oxygen atoms in total. The van der Waals surface area contributed by atoms with E-state index in [1.807, 2.05) is 6.08 Å². The zero-order valence-electron chi connectivity index (χ0n) is 13.6. The van der Waals surface area contributed by atoms with E-state index < -0.39 is 0 Å². The molecule has 0 saturated heterocycles. The van der Waals surface area contributed by atoms with Crippen LogP contribution >= 0.6 is 0 Å². The normalized spacial score (nSPS) is 12.8. The van der Waals surface area contributed by atoms with Crippen molar-refractivity contribution in [3.63, 3.8) is 0 Å². The Balaban J connectivity index is 3.58. The summed E-state index contributed by atoms with van der Waals surface area (Å²) in [7, 11) is 0. The van der Waals surface area contributed by atoms with Gasteiger partial charge in [-0.25, -0.2) is 0 Å². The zero-order chi connectivity index (χ0) is 15.2. The number of allylic oxidation sites excluding steroid dienone is 2. The van der Waals surface area contributed by atoms with Crippen molar-refractivity contribution >= 4 is 11.6 Å². The van der Waals surface area contributed by atoms with Gasteiger partial charge in [0.15, 0.2) is 0 Å². The Hall–Kier alpha value is -0.920. The first-order chi connectivity index (χ1) is 9.57. The summed E-state index contributed by atoms with van der Waals surface area (Å²) in [5.74, 6) is -0.0316. The van der Waals surface area contributed by atoms with Crippen molar-refractivity contribution in [2.45, 2.75) is 85.0 Å². The molecule has 2 heteroatoms. The van der Waals surface area contributed by atoms with Gasteiger partial charge in [-0.3, -0.25) is 9.59 Å². The number of unbranched alkanes of at least 4 members (excludes halogenated alkanes) is 8. The van der Waals surface area contributed by atoms with E-state index in [1.54, 1.807) is 13.8 Å². The molecule has 0 aromatic carbocycles. The molecule has 0 radical (unpaired) electrons. The smallest absolute Gasteiger partial charge is 0.137 e. The standard InChI is InChI=1S/C18H32O2/c1-4-5-6-7-8-9-10-11-12-13-14-18(17(3)20)15-16(2)19/h13-14,18H,4-12,15H2,1-3H3/b14-13-. The Morgan fingerprint density at radius 1 is 0.900 bits per heavy atom. The summed E-state index contributed by atoms with van der Waals surface area (Å²) >= 11 is 0. The number of hydrogen-bond donors (Lipinski definition) is 0. The summed E-state index contributed by atoms with van der Waals surface area (Å²) in [5.41, 5.74) is 0. The van der Waals surface area contributed by atoms with Crippen LogP contribution in [0.1, 0.15) is 85.0 Å². The highest BCUT2D eigenvalue weighted by Gasteiger charge is 2.12. The third-order valence-electron chi connectivity index (χ3n) is 3.62. The Morgan fingerprint density at radius 2 is 1.45 bits per heavy atom. The fourth-order valence-electron chi connectivity index (χ4n) is 2.31. The van der Waals surface area contributed by atoms with Crippen LogP contribution in [0.3, 0.4) is 0 Å². The molecule has 0 aromatic rings. The fourth-order valence-corrected chi connectivity index (χ4v) is 2.31. The number of carbonyl (C=O) groups is 2. The largest absolute Gasteiger partial charge is 0.300 e. The monoisotopic (exact) mass is 280 g/mol. The molecular formula is C18H32O2. The molecule has 0 aliphatic carbocycles. The van der Waals surface area contributed by atoms with E-state index in [2.05, 4.69) is 13.0 Å². The molecule has 0 heterocycles. The highest BCUT2D eigenvalue weighted by Crippen LogP contribution is 2.12. The lowest BCUT2D eigenvalue weighted by molar-refractivity contribution is -0.124. The van der Waals surface area contributed by atoms with Crippen LogP contribution in [0.5, 0.6) is 0 Å². The molecule has 116 valence electrons. The van der Waals surface area contributed by atoms with Gasteiger partial charge in [0.1, 0.15) is 11.6 Å². The first-order valence-corrected chi connectivity index (χ1v) is 8.24. The highest BCUT2D eigenvalue weighted by atomic mass is 16.1. The highest BCUT2D eigenvalue weighted by molar-refractivity contribution is 5.86. The van der Waals surface area contributed by atoms with E-state index in [4.69, 9.17) is 0 Å². The average Bonchev–Trinajstić information content (AvgIpc) is 2.39. The number of ketones is 2. The molecular weight excluding hydrogens is 248 g/mol. The van der Waals surface area contributed by atoms with Gasteiger partial charge in [-0.1, -0.05) is 64.0 Å². The molecule has 0 fully saturated rings. The molecule has 0 aliphatic heterocycles. The maximum atomic E-state index is 11.4. The van der Waals surface area contributed by atoms with Crippen molar-refractivity contribution in [1.29, 1.82) is 0 Å². The van der Waals surface area contributed by atoms with E-state index >= 15 is 0 Å². The molecule has 0 amide bonds. The summed E-state index contributed by atoms with van der Waals surface area (Å²) in [6.07, 6.45) is 15.9. The fraction of sp³-hybridized carbons (Fsp3) is 0.778. The minimum atomic E-state index is -0.207. The second-order valence-electron chi connectivity index (χ2n) is 5.81. The van der Waals surface area contributed by atoms with E-state index in [9.17, 15) is 9.59 Å². The van der Waals surface area contributed by atoms with Crippen LogP contribution in [0.15, 0.2) is 12.2 Å². The maximum absolute atomic E-state index is 11.4. The SMILES string of the molecule is CCCCCCCCCC/C=C\C(CC(C)=O)C(C)=O. The molecule has 1 unspecified atom stereocenters. The predicted molar refractivity (Wildman–Crippen MR) is 85.8 cm³/mol. The third kappa shape index (κ3) is 12.1. The zero-order valence-corrected chi connectivity index (χ0v) is 13.6. The molecule has 0 N–H and O–H groups in total. The summed E-state index contributed by atoms with van der Waals surface area (Å²) < 4.78 is 0. The maximum Gasteiger partial charge on any atom is 0.137 e. The molecule has 0 bridgehead atoms. The predicted octanol–water partition coefficient (Wildman–Crippen LogP) is 5.26. The van der Waals surface area contributed by atoms with Gasteiger partial charge >= 0.3 is 0 Å². The van der Waals surface area contributed by atoms with Crippen LogP contribution in [-0.4, -0.2) is 11.6 Å². The van der Waals surface area contributed by atoms with Crippen molar-refractivity contribution < 1.29 is 9.59 Å². The molecule has 1 atom stereocenters.